The molecule has 6 aromatic carbocycles. The summed E-state index contributed by atoms with van der Waals surface area (Å²) in [6, 6.07) is 16.9. The quantitative estimate of drug-likeness (QED) is 0.0580. The molecule has 3 fully saturated rings. The number of halogens is 9. The number of anilines is 7. The van der Waals surface area contributed by atoms with Crippen LogP contribution in [0.5, 0.6) is 17.2 Å². The Morgan fingerprint density at radius 2 is 0.734 bits per heavy atom. The second kappa shape index (κ2) is 38.1. The molecule has 5 N–H and O–H groups in total. The summed E-state index contributed by atoms with van der Waals surface area (Å²) in [5.41, 5.74) is 1.17. The monoisotopic (exact) mass is 2010 g/mol. The molecule has 6 atom stereocenters. The third-order valence-corrected chi connectivity index (χ3v) is 27.8. The number of nitrogens with zero attached hydrogens (tertiary/aromatic N) is 17. The van der Waals surface area contributed by atoms with Crippen LogP contribution in [0.3, 0.4) is 0 Å². The van der Waals surface area contributed by atoms with Crippen molar-refractivity contribution < 1.29 is 75.2 Å². The maximum Gasteiger partial charge on any atom is 0.281 e. The largest absolute Gasteiger partial charge is 0.507 e. The van der Waals surface area contributed by atoms with Crippen LogP contribution in [0.1, 0.15) is 113 Å². The van der Waals surface area contributed by atoms with E-state index in [9.17, 15) is 63.7 Å². The van der Waals surface area contributed by atoms with E-state index >= 15 is 31.1 Å². The van der Waals surface area contributed by atoms with Crippen molar-refractivity contribution in [1.29, 1.82) is 5.26 Å². The summed E-state index contributed by atoms with van der Waals surface area (Å²) in [6.07, 6.45) is 7.84. The Bertz CT molecular complexity index is 7730. The predicted molar refractivity (Wildman–Crippen MR) is 536 cm³/mol. The van der Waals surface area contributed by atoms with Crippen LogP contribution >= 0.6 is 34.8 Å². The van der Waals surface area contributed by atoms with Gasteiger partial charge in [-0.25, -0.2) is 26.3 Å². The second-order valence-corrected chi connectivity index (χ2v) is 37.9. The molecule has 738 valence electrons. The van der Waals surface area contributed by atoms with Crippen LogP contribution < -0.4 is 56.7 Å². The second-order valence-electron chi connectivity index (χ2n) is 36.7. The molecule has 143 heavy (non-hydrogen) atoms. The third-order valence-electron chi connectivity index (χ3n) is 26.9. The smallest absolute Gasteiger partial charge is 0.281 e. The fourth-order valence-electron chi connectivity index (χ4n) is 20.3. The maximum atomic E-state index is 17.5. The van der Waals surface area contributed by atoms with Crippen molar-refractivity contribution in [3.63, 3.8) is 0 Å². The molecule has 7 amide bonds. The minimum Gasteiger partial charge on any atom is -0.507 e. The highest BCUT2D eigenvalue weighted by Crippen LogP contribution is 2.54. The number of rotatable bonds is 14. The number of carbonyl (C=O) groups excluding carboxylic acids is 7. The number of hydrogen-bond donors (Lipinski definition) is 4. The standard InChI is InChI=1S/C35H35ClF2N6O4.C34H31ClF2N6O5.C34H29ClF2N6O4/c1-8-25(46)42-16-23-34(47)41(7)33-31(43(23)15-18(42)4)19-14-20(36)26(27-21(37)10-9-11-24(27)45)28(38)30(19)44(35(33)48)32-22(40(5)6)12-13-39-29(32)17(2)3;1-6-23(45)41-14-21-33(47)40(5)31-30(42(21)13-16(41)4)18-12-19(35)24(25-20(36)8-7-9-22(25)44)26(37)28(18)43(34(31)48)29-17(32(38)46)10-11-39-27(29)15(2)3;1-6-24(45)41-15-22-33(46)40(5)32-31(42(22)14-17(41)4)19-12-20(35)25(26-21(36)8-7-9-23(26)44)27(37)30(19)43(34(32)47)29-18(13-38)10-11-39-28(29)16(2)3/h8-14,17-18,23,45H,1,15-16H2,2-7H3;6-12,15-16,21,44H,1,13-14H2,2-5H3,(H2,38,46);6-12,16-17,22,44H,1,14-15H2,2-5H3. The first kappa shape index (κ1) is 100. The summed E-state index contributed by atoms with van der Waals surface area (Å²) < 4.78 is 101. The van der Waals surface area contributed by atoms with E-state index in [2.05, 4.69) is 40.8 Å². The Morgan fingerprint density at radius 1 is 0.441 bits per heavy atom. The zero-order valence-corrected chi connectivity index (χ0v) is 82.0. The van der Waals surface area contributed by atoms with Gasteiger partial charge in [0.1, 0.15) is 76.0 Å². The Morgan fingerprint density at radius 3 is 1.03 bits per heavy atom. The highest BCUT2D eigenvalue weighted by Gasteiger charge is 2.52. The number of nitriles is 1. The van der Waals surface area contributed by atoms with Gasteiger partial charge in [-0.3, -0.25) is 76.6 Å². The minimum absolute atomic E-state index is 0.00148. The van der Waals surface area contributed by atoms with Gasteiger partial charge in [-0.1, -0.05) is 114 Å². The molecule has 6 unspecified atom stereocenters. The van der Waals surface area contributed by atoms with E-state index in [4.69, 9.17) is 40.5 Å². The van der Waals surface area contributed by atoms with Gasteiger partial charge in [0, 0.05) is 124 Å². The molecule has 6 aliphatic heterocycles. The Balaban J connectivity index is 0.000000154. The van der Waals surface area contributed by atoms with E-state index in [0.29, 0.717) is 17.1 Å². The summed E-state index contributed by atoms with van der Waals surface area (Å²) in [5, 5.41) is 41.7. The molecular weight excluding hydrogens is 1920 g/mol. The molecule has 0 radical (unpaired) electrons. The van der Waals surface area contributed by atoms with Crippen molar-refractivity contribution in [1.82, 2.24) is 43.4 Å². The van der Waals surface area contributed by atoms with Crippen LogP contribution in [0.4, 0.5) is 66.2 Å². The number of primary amides is 1. The van der Waals surface area contributed by atoms with Crippen molar-refractivity contribution in [3.8, 4) is 73.8 Å². The Kier molecular flexibility index (Phi) is 26.8. The SMILES string of the molecule is C=CC(=O)N1CC2C(=O)N(C)c3c(c4cc(Cl)c(-c5c(O)cccc5F)c(F)c4n(-c4c(C#N)ccnc4C(C)C)c3=O)N2CC1C.C=CC(=O)N1CC2C(=O)N(C)c3c(c4cc(Cl)c(-c5c(O)cccc5F)c(F)c4n(-c4c(C(N)=O)ccnc4C(C)C)c3=O)N2CC1C.C=CC(=O)N1CC2C(=O)N(C)c3c(c4cc(Cl)c(-c5c(O)cccc5F)c(F)c4n(-c4c(N(C)C)ccnc4C(C)C)c3=O)N2CC1C. The fraction of sp³-hybridized carbons (Fsp3) is 0.282. The average Bonchev–Trinajstić information content (AvgIpc) is 0.705. The first-order chi connectivity index (χ1) is 67.7. The van der Waals surface area contributed by atoms with Crippen LogP contribution in [-0.2, 0) is 28.8 Å². The summed E-state index contributed by atoms with van der Waals surface area (Å²) in [4.78, 5) is 166. The minimum atomic E-state index is -1.18. The summed E-state index contributed by atoms with van der Waals surface area (Å²) in [7, 11) is 7.82. The van der Waals surface area contributed by atoms with Crippen LogP contribution in [0, 0.1) is 46.2 Å². The van der Waals surface area contributed by atoms with Gasteiger partial charge in [-0.2, -0.15) is 5.26 Å². The normalized spacial score (nSPS) is 17.5. The average molecular weight is 2010 g/mol. The van der Waals surface area contributed by atoms with Gasteiger partial charge >= 0.3 is 0 Å². The van der Waals surface area contributed by atoms with E-state index in [1.165, 1.54) is 129 Å². The van der Waals surface area contributed by atoms with Gasteiger partial charge in [0.05, 0.1) is 136 Å². The lowest BCUT2D eigenvalue weighted by molar-refractivity contribution is -0.132. The molecule has 6 aromatic heterocycles. The van der Waals surface area contributed by atoms with Crippen LogP contribution in [-0.4, -0.2) is 211 Å². The van der Waals surface area contributed by atoms with E-state index < -0.39 is 174 Å². The van der Waals surface area contributed by atoms with E-state index in [1.807, 2.05) is 20.8 Å². The van der Waals surface area contributed by atoms with Crippen LogP contribution in [0.2, 0.25) is 15.1 Å². The summed E-state index contributed by atoms with van der Waals surface area (Å²) in [6.45, 7) is 27.1. The molecule has 12 heterocycles. The number of carbonyl (C=O) groups is 7. The van der Waals surface area contributed by atoms with Crippen LogP contribution in [0.15, 0.2) is 162 Å². The van der Waals surface area contributed by atoms with E-state index in [1.54, 1.807) is 87.5 Å². The number of pyridine rings is 6. The lowest BCUT2D eigenvalue weighted by atomic mass is 9.95. The molecular formula is C103H95Cl3F6N18O13. The first-order valence-electron chi connectivity index (χ1n) is 45.3. The number of amides is 7. The number of aromatic nitrogens is 6. The number of benzene rings is 6. The molecule has 40 heteroatoms. The van der Waals surface area contributed by atoms with Gasteiger partial charge in [-0.05, 0) is 130 Å². The number of phenolic OH excluding ortho intramolecular Hbond substituents is 3. The number of nitrogens with two attached hydrogens (primary N) is 1. The molecule has 0 spiro atoms. The van der Waals surface area contributed by atoms with Gasteiger partial charge in [0.2, 0.25) is 17.7 Å². The number of piperazine rings is 3. The first-order valence-corrected chi connectivity index (χ1v) is 46.4. The van der Waals surface area contributed by atoms with Crippen molar-refractivity contribution in [2.24, 2.45) is 5.73 Å². The highest BCUT2D eigenvalue weighted by atomic mass is 35.5. The van der Waals surface area contributed by atoms with Crippen molar-refractivity contribution in [2.75, 3.05) is 109 Å². The molecule has 3 saturated heterocycles. The van der Waals surface area contributed by atoms with Gasteiger partial charge < -0.3 is 70.1 Å². The van der Waals surface area contributed by atoms with Gasteiger partial charge in [0.15, 0.2) is 17.5 Å². The lowest BCUT2D eigenvalue weighted by Crippen LogP contribution is -2.66. The number of fused-ring (bicyclic) bond motifs is 15. The van der Waals surface area contributed by atoms with Gasteiger partial charge in [0.25, 0.3) is 40.3 Å². The third kappa shape index (κ3) is 16.1. The zero-order valence-electron chi connectivity index (χ0n) is 79.7. The van der Waals surface area contributed by atoms with Crippen LogP contribution in [0.25, 0.3) is 83.2 Å². The Labute approximate surface area is 829 Å². The molecule has 31 nitrogen and oxygen atoms in total. The Hall–Kier alpha value is -15.6. The van der Waals surface area contributed by atoms with Crippen molar-refractivity contribution >= 4 is 149 Å². The maximum absolute atomic E-state index is 17.5. The topological polar surface area (TPSA) is 367 Å². The molecule has 6 aliphatic rings. The summed E-state index contributed by atoms with van der Waals surface area (Å²) in [5.74, 6) is -12.4. The summed E-state index contributed by atoms with van der Waals surface area (Å²) >= 11 is 20.3. The number of likely N-dealkylation sites (N-methyl/N-ethyl adjacent to an activating group) is 3. The van der Waals surface area contributed by atoms with E-state index in [0.717, 1.165) is 50.5 Å². The fourth-order valence-corrected chi connectivity index (χ4v) is 21.2. The van der Waals surface area contributed by atoms with Crippen molar-refractivity contribution in [2.45, 2.75) is 116 Å². The zero-order chi connectivity index (χ0) is 104. The number of hydrogen-bond acceptors (Lipinski definition) is 21. The molecule has 18 rings (SSSR count). The molecule has 12 aromatic rings. The number of aromatic hydroxyl groups is 3. The highest BCUT2D eigenvalue weighted by molar-refractivity contribution is 6.36. The number of phenols is 3. The molecule has 0 aliphatic carbocycles. The van der Waals surface area contributed by atoms with Crippen molar-refractivity contribution in [3.05, 3.63) is 257 Å². The molecule has 0 saturated carbocycles. The van der Waals surface area contributed by atoms with Gasteiger partial charge in [-0.15, -0.1) is 0 Å². The molecule has 0 bridgehead atoms. The lowest BCUT2D eigenvalue weighted by Gasteiger charge is -2.50. The predicted octanol–water partition coefficient (Wildman–Crippen LogP) is 15.2. The van der Waals surface area contributed by atoms with E-state index in [-0.39, 0.29) is 179 Å².